The number of aryl methyl sites for hydroxylation is 2. The molecule has 2 heterocycles. The molecule has 1 N–H and O–H groups in total. The highest BCUT2D eigenvalue weighted by atomic mass is 32.1. The summed E-state index contributed by atoms with van der Waals surface area (Å²) >= 11 is 1.63. The van der Waals surface area contributed by atoms with Gasteiger partial charge < -0.3 is 5.32 Å². The van der Waals surface area contributed by atoms with Crippen molar-refractivity contribution in [3.05, 3.63) is 76.3 Å². The molecule has 2 aromatic heterocycles. The summed E-state index contributed by atoms with van der Waals surface area (Å²) in [6.07, 6.45) is 6.36. The number of nitrogens with zero attached hydrogens (tertiary/aromatic N) is 3. The van der Waals surface area contributed by atoms with E-state index in [-0.39, 0.29) is 5.91 Å². The molecule has 6 heteroatoms. The monoisotopic (exact) mass is 324 g/mol. The Balaban J connectivity index is 1.50. The molecule has 0 fully saturated rings. The number of carbonyl (C=O) groups is 1. The fourth-order valence-corrected chi connectivity index (χ4v) is 2.92. The maximum Gasteiger partial charge on any atom is 0.271 e. The highest BCUT2D eigenvalue weighted by molar-refractivity contribution is 7.09. The molecule has 0 radical (unpaired) electrons. The Hall–Kier alpha value is -2.60. The molecule has 5 nitrogen and oxygen atoms in total. The van der Waals surface area contributed by atoms with Gasteiger partial charge in [-0.25, -0.2) is 9.97 Å². The van der Waals surface area contributed by atoms with Crippen molar-refractivity contribution in [2.45, 2.75) is 19.4 Å². The summed E-state index contributed by atoms with van der Waals surface area (Å²) < 4.78 is 0. The predicted octanol–water partition coefficient (Wildman–Crippen LogP) is 2.65. The molecule has 0 atom stereocenters. The second-order valence-corrected chi connectivity index (χ2v) is 5.93. The van der Waals surface area contributed by atoms with Gasteiger partial charge in [-0.3, -0.25) is 9.78 Å². The number of carbonyl (C=O) groups excluding carboxylic acids is 1. The van der Waals surface area contributed by atoms with E-state index >= 15 is 0 Å². The zero-order valence-corrected chi connectivity index (χ0v) is 13.3. The van der Waals surface area contributed by atoms with Crippen molar-refractivity contribution in [3.8, 4) is 0 Å². The first-order chi connectivity index (χ1) is 11.3. The van der Waals surface area contributed by atoms with Crippen LogP contribution in [-0.2, 0) is 19.4 Å². The second kappa shape index (κ2) is 7.60. The number of thiazole rings is 1. The van der Waals surface area contributed by atoms with Crippen molar-refractivity contribution in [1.29, 1.82) is 0 Å². The Morgan fingerprint density at radius 3 is 2.78 bits per heavy atom. The molecule has 1 amide bonds. The zero-order valence-electron chi connectivity index (χ0n) is 12.5. The van der Waals surface area contributed by atoms with E-state index in [1.165, 1.54) is 24.2 Å². The summed E-state index contributed by atoms with van der Waals surface area (Å²) in [7, 11) is 0. The minimum atomic E-state index is -0.239. The number of nitrogens with one attached hydrogen (secondary N) is 1. The van der Waals surface area contributed by atoms with Crippen LogP contribution in [0.3, 0.4) is 0 Å². The third-order valence-electron chi connectivity index (χ3n) is 3.30. The van der Waals surface area contributed by atoms with Gasteiger partial charge in [0.25, 0.3) is 5.91 Å². The van der Waals surface area contributed by atoms with E-state index in [1.807, 2.05) is 23.6 Å². The number of amides is 1. The van der Waals surface area contributed by atoms with Crippen molar-refractivity contribution in [3.63, 3.8) is 0 Å². The smallest absolute Gasteiger partial charge is 0.271 e. The molecule has 0 bridgehead atoms. The lowest BCUT2D eigenvalue weighted by Gasteiger charge is -2.01. The minimum Gasteiger partial charge on any atom is -0.345 e. The average molecular weight is 324 g/mol. The Kier molecular flexibility index (Phi) is 5.06. The minimum absolute atomic E-state index is 0.239. The van der Waals surface area contributed by atoms with Gasteiger partial charge in [0.15, 0.2) is 0 Å². The molecule has 3 rings (SSSR count). The lowest BCUT2D eigenvalue weighted by molar-refractivity contribution is 0.0945. The fourth-order valence-electron chi connectivity index (χ4n) is 2.12. The van der Waals surface area contributed by atoms with Gasteiger partial charge in [0.2, 0.25) is 0 Å². The van der Waals surface area contributed by atoms with Crippen LogP contribution < -0.4 is 5.32 Å². The van der Waals surface area contributed by atoms with Crippen molar-refractivity contribution in [2.75, 3.05) is 0 Å². The van der Waals surface area contributed by atoms with Crippen LogP contribution in [0.1, 0.15) is 26.8 Å². The summed E-state index contributed by atoms with van der Waals surface area (Å²) in [6.45, 7) is 0.400. The molecule has 0 saturated heterocycles. The second-order valence-electron chi connectivity index (χ2n) is 4.99. The van der Waals surface area contributed by atoms with Gasteiger partial charge in [0.1, 0.15) is 5.69 Å². The van der Waals surface area contributed by atoms with E-state index in [0.29, 0.717) is 12.2 Å². The maximum atomic E-state index is 11.9. The molecule has 23 heavy (non-hydrogen) atoms. The van der Waals surface area contributed by atoms with Gasteiger partial charge in [0, 0.05) is 24.2 Å². The standard InChI is InChI=1S/C17H16N4OS/c22-17(15-11-18-8-9-19-15)20-10-14-12-23-16(21-14)7-6-13-4-2-1-3-5-13/h1-5,8-9,11-12H,6-7,10H2,(H,20,22). The summed E-state index contributed by atoms with van der Waals surface area (Å²) in [6, 6.07) is 10.4. The number of benzene rings is 1. The lowest BCUT2D eigenvalue weighted by atomic mass is 10.1. The van der Waals surface area contributed by atoms with Gasteiger partial charge >= 0.3 is 0 Å². The van der Waals surface area contributed by atoms with Crippen LogP contribution in [0.25, 0.3) is 0 Å². The molecule has 0 spiro atoms. The first-order valence-electron chi connectivity index (χ1n) is 7.32. The third kappa shape index (κ3) is 4.43. The van der Waals surface area contributed by atoms with Crippen LogP contribution in [0.5, 0.6) is 0 Å². The Labute approximate surface area is 138 Å². The van der Waals surface area contributed by atoms with E-state index < -0.39 is 0 Å². The van der Waals surface area contributed by atoms with E-state index in [1.54, 1.807) is 11.3 Å². The van der Waals surface area contributed by atoms with Gasteiger partial charge in [-0.15, -0.1) is 11.3 Å². The Morgan fingerprint density at radius 2 is 2.00 bits per heavy atom. The average Bonchev–Trinajstić information content (AvgIpc) is 3.07. The molecule has 0 saturated carbocycles. The topological polar surface area (TPSA) is 67.8 Å². The quantitative estimate of drug-likeness (QED) is 0.757. The van der Waals surface area contributed by atoms with Crippen LogP contribution in [0.15, 0.2) is 54.3 Å². The van der Waals surface area contributed by atoms with Crippen LogP contribution in [0.2, 0.25) is 0 Å². The Morgan fingerprint density at radius 1 is 1.13 bits per heavy atom. The maximum absolute atomic E-state index is 11.9. The van der Waals surface area contributed by atoms with E-state index in [0.717, 1.165) is 23.5 Å². The molecule has 3 aromatic rings. The number of hydrogen-bond donors (Lipinski definition) is 1. The SMILES string of the molecule is O=C(NCc1csc(CCc2ccccc2)n1)c1cnccn1. The summed E-state index contributed by atoms with van der Waals surface area (Å²) in [5.74, 6) is -0.239. The molecule has 0 unspecified atom stereocenters. The van der Waals surface area contributed by atoms with Crippen molar-refractivity contribution < 1.29 is 4.79 Å². The summed E-state index contributed by atoms with van der Waals surface area (Å²) in [4.78, 5) is 24.3. The van der Waals surface area contributed by atoms with Gasteiger partial charge in [-0.1, -0.05) is 30.3 Å². The molecule has 0 aliphatic carbocycles. The zero-order chi connectivity index (χ0) is 15.9. The molecular weight excluding hydrogens is 308 g/mol. The van der Waals surface area contributed by atoms with Crippen molar-refractivity contribution in [2.24, 2.45) is 0 Å². The molecular formula is C17H16N4OS. The number of rotatable bonds is 6. The molecule has 0 aliphatic rings. The highest BCUT2D eigenvalue weighted by Crippen LogP contribution is 2.13. The molecule has 116 valence electrons. The largest absolute Gasteiger partial charge is 0.345 e. The first kappa shape index (κ1) is 15.3. The first-order valence-corrected chi connectivity index (χ1v) is 8.20. The van der Waals surface area contributed by atoms with Crippen LogP contribution in [0.4, 0.5) is 0 Å². The summed E-state index contributed by atoms with van der Waals surface area (Å²) in [5, 5.41) is 5.87. The number of hydrogen-bond acceptors (Lipinski definition) is 5. The van der Waals surface area contributed by atoms with Crippen LogP contribution in [-0.4, -0.2) is 20.9 Å². The summed E-state index contributed by atoms with van der Waals surface area (Å²) in [5.41, 5.74) is 2.49. The Bertz CT molecular complexity index is 759. The fraction of sp³-hybridized carbons (Fsp3) is 0.176. The van der Waals surface area contributed by atoms with Crippen LogP contribution in [0, 0.1) is 0 Å². The van der Waals surface area contributed by atoms with Gasteiger partial charge in [-0.2, -0.15) is 0 Å². The normalized spacial score (nSPS) is 10.4. The van der Waals surface area contributed by atoms with Crippen LogP contribution >= 0.6 is 11.3 Å². The van der Waals surface area contributed by atoms with Gasteiger partial charge in [-0.05, 0) is 12.0 Å². The predicted molar refractivity (Wildman–Crippen MR) is 89.2 cm³/mol. The highest BCUT2D eigenvalue weighted by Gasteiger charge is 2.08. The molecule has 1 aromatic carbocycles. The van der Waals surface area contributed by atoms with E-state index in [2.05, 4.69) is 32.4 Å². The number of aromatic nitrogens is 3. The third-order valence-corrected chi connectivity index (χ3v) is 4.25. The van der Waals surface area contributed by atoms with Gasteiger partial charge in [0.05, 0.1) is 23.4 Å². The van der Waals surface area contributed by atoms with E-state index in [9.17, 15) is 4.79 Å². The van der Waals surface area contributed by atoms with E-state index in [4.69, 9.17) is 0 Å². The lowest BCUT2D eigenvalue weighted by Crippen LogP contribution is -2.24. The van der Waals surface area contributed by atoms with Crippen molar-refractivity contribution in [1.82, 2.24) is 20.3 Å². The van der Waals surface area contributed by atoms with Crippen molar-refractivity contribution >= 4 is 17.2 Å². The molecule has 0 aliphatic heterocycles.